The summed E-state index contributed by atoms with van der Waals surface area (Å²) < 4.78 is 0. The molecule has 2 aromatic rings. The number of benzene rings is 1. The quantitative estimate of drug-likeness (QED) is 0.807. The van der Waals surface area contributed by atoms with Crippen molar-refractivity contribution < 1.29 is 0 Å². The van der Waals surface area contributed by atoms with Crippen molar-refractivity contribution >= 4 is 28.5 Å². The summed E-state index contributed by atoms with van der Waals surface area (Å²) in [5.41, 5.74) is 2.29. The van der Waals surface area contributed by atoms with E-state index in [1.165, 1.54) is 5.56 Å². The maximum absolute atomic E-state index is 6.08. The molecular formula is C18H18ClN3S. The van der Waals surface area contributed by atoms with Crippen molar-refractivity contribution in [3.05, 3.63) is 64.9 Å². The first-order chi connectivity index (χ1) is 11.3. The van der Waals surface area contributed by atoms with Crippen molar-refractivity contribution in [3.63, 3.8) is 0 Å². The van der Waals surface area contributed by atoms with Gasteiger partial charge >= 0.3 is 0 Å². The molecule has 1 aromatic carbocycles. The number of aromatic nitrogens is 1. The molecule has 4 rings (SSSR count). The third-order valence-electron chi connectivity index (χ3n) is 4.54. The summed E-state index contributed by atoms with van der Waals surface area (Å²) in [6.45, 7) is 2.25. The summed E-state index contributed by atoms with van der Waals surface area (Å²) in [6.07, 6.45) is 2.98. The Kier molecular flexibility index (Phi) is 4.04. The third kappa shape index (κ3) is 2.64. The molecule has 0 amide bonds. The number of amidine groups is 1. The van der Waals surface area contributed by atoms with E-state index in [2.05, 4.69) is 35.0 Å². The van der Waals surface area contributed by atoms with Crippen LogP contribution in [0.1, 0.15) is 36.7 Å². The third-order valence-corrected chi connectivity index (χ3v) is 5.92. The highest BCUT2D eigenvalue weighted by Gasteiger charge is 2.45. The molecule has 2 aliphatic rings. The van der Waals surface area contributed by atoms with Crippen LogP contribution in [0, 0.1) is 0 Å². The second-order valence-corrected chi connectivity index (χ2v) is 7.31. The van der Waals surface area contributed by atoms with Crippen molar-refractivity contribution in [3.8, 4) is 0 Å². The van der Waals surface area contributed by atoms with E-state index in [1.807, 2.05) is 42.2 Å². The monoisotopic (exact) mass is 343 g/mol. The van der Waals surface area contributed by atoms with Crippen LogP contribution in [0.5, 0.6) is 0 Å². The van der Waals surface area contributed by atoms with Gasteiger partial charge < -0.3 is 4.90 Å². The van der Waals surface area contributed by atoms with Crippen LogP contribution in [0.4, 0.5) is 0 Å². The lowest BCUT2D eigenvalue weighted by atomic mass is 9.95. The highest BCUT2D eigenvalue weighted by Crippen LogP contribution is 2.48. The summed E-state index contributed by atoms with van der Waals surface area (Å²) in [5.74, 6) is 1.12. The fourth-order valence-corrected chi connectivity index (χ4v) is 4.83. The molecule has 3 atom stereocenters. The molecule has 0 aliphatic carbocycles. The number of thioether (sulfide) groups is 1. The summed E-state index contributed by atoms with van der Waals surface area (Å²) in [7, 11) is 0. The molecular weight excluding hydrogens is 326 g/mol. The van der Waals surface area contributed by atoms with Gasteiger partial charge in [-0.15, -0.1) is 0 Å². The van der Waals surface area contributed by atoms with E-state index in [4.69, 9.17) is 16.6 Å². The summed E-state index contributed by atoms with van der Waals surface area (Å²) >= 11 is 7.95. The van der Waals surface area contributed by atoms with Gasteiger partial charge in [-0.1, -0.05) is 48.5 Å². The minimum Gasteiger partial charge on any atom is -0.338 e. The molecule has 1 aromatic heterocycles. The van der Waals surface area contributed by atoms with Gasteiger partial charge in [0.1, 0.15) is 6.04 Å². The van der Waals surface area contributed by atoms with Crippen molar-refractivity contribution in [2.24, 2.45) is 4.99 Å². The van der Waals surface area contributed by atoms with E-state index < -0.39 is 0 Å². The SMILES string of the molecule is CC[C@@H]1CSC2=N[C@@H](c3ccccn3)[C@H](c3ccc(Cl)cc3)N21. The lowest BCUT2D eigenvalue weighted by Crippen LogP contribution is -2.35. The lowest BCUT2D eigenvalue weighted by molar-refractivity contribution is 0.255. The maximum Gasteiger partial charge on any atom is 0.160 e. The molecule has 0 saturated carbocycles. The van der Waals surface area contributed by atoms with Gasteiger partial charge in [-0.05, 0) is 36.2 Å². The number of hydrogen-bond donors (Lipinski definition) is 0. The van der Waals surface area contributed by atoms with Crippen molar-refractivity contribution in [2.75, 3.05) is 5.75 Å². The Labute approximate surface area is 145 Å². The van der Waals surface area contributed by atoms with Crippen molar-refractivity contribution in [1.82, 2.24) is 9.88 Å². The van der Waals surface area contributed by atoms with Gasteiger partial charge in [-0.25, -0.2) is 0 Å². The minimum atomic E-state index is 0.0502. The number of nitrogens with zero attached hydrogens (tertiary/aromatic N) is 3. The zero-order valence-corrected chi connectivity index (χ0v) is 14.5. The molecule has 0 unspecified atom stereocenters. The molecule has 3 heterocycles. The van der Waals surface area contributed by atoms with Crippen molar-refractivity contribution in [2.45, 2.75) is 31.5 Å². The Morgan fingerprint density at radius 1 is 1.22 bits per heavy atom. The number of aliphatic imine (C=N–C) groups is 1. The van der Waals surface area contributed by atoms with Gasteiger partial charge in [0.2, 0.25) is 0 Å². The van der Waals surface area contributed by atoms with Gasteiger partial charge in [0.15, 0.2) is 5.17 Å². The van der Waals surface area contributed by atoms with E-state index in [-0.39, 0.29) is 12.1 Å². The maximum atomic E-state index is 6.08. The van der Waals surface area contributed by atoms with Gasteiger partial charge in [0.25, 0.3) is 0 Å². The van der Waals surface area contributed by atoms with Crippen LogP contribution < -0.4 is 0 Å². The van der Waals surface area contributed by atoms with Crippen LogP contribution in [-0.4, -0.2) is 26.8 Å². The topological polar surface area (TPSA) is 28.5 Å². The Balaban J connectivity index is 1.78. The molecule has 0 N–H and O–H groups in total. The summed E-state index contributed by atoms with van der Waals surface area (Å²) in [5, 5.41) is 1.93. The molecule has 5 heteroatoms. The second kappa shape index (κ2) is 6.17. The van der Waals surface area contributed by atoms with Crippen LogP contribution in [0.25, 0.3) is 0 Å². The number of hydrogen-bond acceptors (Lipinski definition) is 4. The first kappa shape index (κ1) is 15.0. The number of fused-ring (bicyclic) bond motifs is 1. The predicted octanol–water partition coefficient (Wildman–Crippen LogP) is 4.71. The first-order valence-electron chi connectivity index (χ1n) is 7.93. The molecule has 0 spiro atoms. The van der Waals surface area contributed by atoms with E-state index in [0.29, 0.717) is 6.04 Å². The minimum absolute atomic E-state index is 0.0502. The lowest BCUT2D eigenvalue weighted by Gasteiger charge is -2.31. The van der Waals surface area contributed by atoms with Gasteiger partial charge in [0, 0.05) is 23.0 Å². The Morgan fingerprint density at radius 2 is 2.04 bits per heavy atom. The highest BCUT2D eigenvalue weighted by atomic mass is 35.5. The first-order valence-corrected chi connectivity index (χ1v) is 9.29. The van der Waals surface area contributed by atoms with Crippen LogP contribution in [0.2, 0.25) is 5.02 Å². The Morgan fingerprint density at radius 3 is 2.74 bits per heavy atom. The molecule has 1 saturated heterocycles. The van der Waals surface area contributed by atoms with Crippen LogP contribution in [0.15, 0.2) is 53.7 Å². The average molecular weight is 344 g/mol. The number of pyridine rings is 1. The molecule has 0 radical (unpaired) electrons. The zero-order valence-electron chi connectivity index (χ0n) is 12.9. The smallest absolute Gasteiger partial charge is 0.160 e. The largest absolute Gasteiger partial charge is 0.338 e. The van der Waals surface area contributed by atoms with E-state index in [1.54, 1.807) is 0 Å². The van der Waals surface area contributed by atoms with E-state index in [0.717, 1.165) is 28.1 Å². The van der Waals surface area contributed by atoms with Gasteiger partial charge in [0.05, 0.1) is 11.7 Å². The summed E-state index contributed by atoms with van der Waals surface area (Å²) in [4.78, 5) is 12.1. The second-order valence-electron chi connectivity index (χ2n) is 5.89. The van der Waals surface area contributed by atoms with Gasteiger partial charge in [-0.2, -0.15) is 0 Å². The molecule has 118 valence electrons. The fourth-order valence-electron chi connectivity index (χ4n) is 3.37. The van der Waals surface area contributed by atoms with Crippen LogP contribution >= 0.6 is 23.4 Å². The fraction of sp³-hybridized carbons (Fsp3) is 0.333. The average Bonchev–Trinajstić information content (AvgIpc) is 3.15. The normalized spacial score (nSPS) is 26.3. The standard InChI is InChI=1S/C18H18ClN3S/c1-2-14-11-23-18-21-16(15-5-3-4-10-20-15)17(22(14)18)12-6-8-13(19)9-7-12/h3-10,14,16-17H,2,11H2,1H3/t14-,16+,17+/m1/s1. The van der Waals surface area contributed by atoms with Crippen molar-refractivity contribution in [1.29, 1.82) is 0 Å². The number of halogens is 1. The van der Waals surface area contributed by atoms with E-state index in [9.17, 15) is 0 Å². The highest BCUT2D eigenvalue weighted by molar-refractivity contribution is 8.14. The van der Waals surface area contributed by atoms with E-state index >= 15 is 0 Å². The van der Waals surface area contributed by atoms with Crippen LogP contribution in [-0.2, 0) is 0 Å². The molecule has 3 nitrogen and oxygen atoms in total. The van der Waals surface area contributed by atoms with Gasteiger partial charge in [-0.3, -0.25) is 9.98 Å². The summed E-state index contributed by atoms with van der Waals surface area (Å²) in [6, 6.07) is 15.0. The Bertz CT molecular complexity index is 717. The molecule has 23 heavy (non-hydrogen) atoms. The Hall–Kier alpha value is -1.52. The molecule has 1 fully saturated rings. The van der Waals surface area contributed by atoms with Crippen LogP contribution in [0.3, 0.4) is 0 Å². The molecule has 0 bridgehead atoms. The predicted molar refractivity (Wildman–Crippen MR) is 97.0 cm³/mol. The number of rotatable bonds is 3. The molecule has 2 aliphatic heterocycles. The zero-order chi connectivity index (χ0) is 15.8.